The van der Waals surface area contributed by atoms with E-state index in [2.05, 4.69) is 74.2 Å². The van der Waals surface area contributed by atoms with Crippen molar-refractivity contribution in [1.82, 2.24) is 9.88 Å². The number of aromatic nitrogens is 1. The summed E-state index contributed by atoms with van der Waals surface area (Å²) in [6, 6.07) is 6.80. The van der Waals surface area contributed by atoms with Crippen LogP contribution < -0.4 is 5.32 Å². The molecule has 2 heteroatoms. The molecule has 1 N–H and O–H groups in total. The molecule has 1 unspecified atom stereocenters. The molecule has 148 valence electrons. The molecule has 0 bridgehead atoms. The predicted octanol–water partition coefficient (Wildman–Crippen LogP) is 7.04. The van der Waals surface area contributed by atoms with Crippen molar-refractivity contribution in [3.05, 3.63) is 72.1 Å². The fourth-order valence-electron chi connectivity index (χ4n) is 4.51. The van der Waals surface area contributed by atoms with Gasteiger partial charge >= 0.3 is 0 Å². The summed E-state index contributed by atoms with van der Waals surface area (Å²) in [4.78, 5) is 0. The molecule has 28 heavy (non-hydrogen) atoms. The first-order chi connectivity index (χ1) is 13.7. The normalized spacial score (nSPS) is 15.4. The van der Waals surface area contributed by atoms with Crippen molar-refractivity contribution < 1.29 is 0 Å². The van der Waals surface area contributed by atoms with E-state index in [4.69, 9.17) is 0 Å². The number of nitrogens with one attached hydrogen (secondary N) is 1. The first-order valence-corrected chi connectivity index (χ1v) is 10.7. The summed E-state index contributed by atoms with van der Waals surface area (Å²) >= 11 is 0. The Bertz CT molecular complexity index is 924. The van der Waals surface area contributed by atoms with Crippen LogP contribution in [-0.2, 0) is 6.54 Å². The minimum Gasteiger partial charge on any atom is -0.383 e. The predicted molar refractivity (Wildman–Crippen MR) is 125 cm³/mol. The van der Waals surface area contributed by atoms with Crippen molar-refractivity contribution >= 4 is 22.6 Å². The van der Waals surface area contributed by atoms with Crippen LogP contribution in [0.15, 0.2) is 55.3 Å². The summed E-state index contributed by atoms with van der Waals surface area (Å²) in [6.07, 6.45) is 13.2. The maximum atomic E-state index is 4.19. The molecule has 1 atom stereocenters. The Kier molecular flexibility index (Phi) is 6.61. The number of benzene rings is 1. The van der Waals surface area contributed by atoms with E-state index in [9.17, 15) is 0 Å². The number of hydrogen-bond acceptors (Lipinski definition) is 1. The van der Waals surface area contributed by atoms with Crippen molar-refractivity contribution in [2.24, 2.45) is 0 Å². The summed E-state index contributed by atoms with van der Waals surface area (Å²) < 4.78 is 2.51. The van der Waals surface area contributed by atoms with Crippen molar-refractivity contribution in [3.63, 3.8) is 0 Å². The Morgan fingerprint density at radius 1 is 1.21 bits per heavy atom. The molecule has 2 aromatic rings. The first kappa shape index (κ1) is 20.3. The Labute approximate surface area is 170 Å². The molecule has 1 aromatic heterocycles. The van der Waals surface area contributed by atoms with E-state index in [0.29, 0.717) is 5.92 Å². The van der Waals surface area contributed by atoms with Gasteiger partial charge in [0.2, 0.25) is 0 Å². The summed E-state index contributed by atoms with van der Waals surface area (Å²) in [5, 5.41) is 5.01. The van der Waals surface area contributed by atoms with Crippen molar-refractivity contribution in [2.45, 2.75) is 58.9 Å². The van der Waals surface area contributed by atoms with Crippen molar-refractivity contribution in [2.75, 3.05) is 6.54 Å². The van der Waals surface area contributed by atoms with Crippen LogP contribution >= 0.6 is 0 Å². The first-order valence-electron chi connectivity index (χ1n) is 10.7. The maximum absolute atomic E-state index is 4.19. The molecule has 0 spiro atoms. The Balaban J connectivity index is 2.38. The van der Waals surface area contributed by atoms with E-state index in [1.54, 1.807) is 0 Å². The third-order valence-electron chi connectivity index (χ3n) is 5.90. The fraction of sp³-hybridized carbons (Fsp3) is 0.385. The summed E-state index contributed by atoms with van der Waals surface area (Å²) in [7, 11) is 0. The molecule has 0 saturated heterocycles. The van der Waals surface area contributed by atoms with Crippen LogP contribution in [0.3, 0.4) is 0 Å². The number of rotatable bonds is 8. The third-order valence-corrected chi connectivity index (χ3v) is 5.90. The maximum Gasteiger partial charge on any atom is 0.0548 e. The van der Waals surface area contributed by atoms with Gasteiger partial charge in [0.15, 0.2) is 0 Å². The molecule has 0 amide bonds. The van der Waals surface area contributed by atoms with Crippen LogP contribution in [0.4, 0.5) is 0 Å². The fourth-order valence-corrected chi connectivity index (χ4v) is 4.51. The van der Waals surface area contributed by atoms with Crippen molar-refractivity contribution in [1.29, 1.82) is 0 Å². The molecule has 0 aliphatic carbocycles. The standard InChI is InChI=1S/C26H34N2/c1-6-11-13-20(9-4)25-22-15-14-19(8-3)18-24(22)28-17-16-27-23(12-7-2)21(10-5)26(25)28/h7-8,10,12,14-15,18,20,27H,3,5-6,9,11,13,16-17H2,1-2,4H3/b12-7-. The largest absolute Gasteiger partial charge is 0.383 e. The lowest BCUT2D eigenvalue weighted by molar-refractivity contribution is 0.568. The molecule has 3 rings (SSSR count). The van der Waals surface area contributed by atoms with E-state index >= 15 is 0 Å². The summed E-state index contributed by atoms with van der Waals surface area (Å²) in [6.45, 7) is 16.7. The summed E-state index contributed by atoms with van der Waals surface area (Å²) in [5.41, 5.74) is 7.75. The highest BCUT2D eigenvalue weighted by Gasteiger charge is 2.26. The second-order valence-corrected chi connectivity index (χ2v) is 7.60. The molecule has 0 fully saturated rings. The highest BCUT2D eigenvalue weighted by atomic mass is 15.0. The van der Waals surface area contributed by atoms with Gasteiger partial charge in [0, 0.05) is 35.3 Å². The SMILES string of the molecule is C=CC1=C(/C=C\C)NCCn2c1c(C(CC)CCCC)c1ccc(C=C)cc12. The second kappa shape index (κ2) is 9.14. The molecule has 0 radical (unpaired) electrons. The van der Waals surface area contributed by atoms with E-state index in [0.717, 1.165) is 19.5 Å². The van der Waals surface area contributed by atoms with E-state index in [1.165, 1.54) is 58.3 Å². The lowest BCUT2D eigenvalue weighted by Crippen LogP contribution is -2.16. The van der Waals surface area contributed by atoms with Gasteiger partial charge in [-0.3, -0.25) is 0 Å². The zero-order valence-electron chi connectivity index (χ0n) is 17.7. The molecule has 0 saturated carbocycles. The van der Waals surface area contributed by atoms with Crippen LogP contribution in [0.5, 0.6) is 0 Å². The molecule has 1 aliphatic rings. The monoisotopic (exact) mass is 374 g/mol. The zero-order valence-corrected chi connectivity index (χ0v) is 17.7. The Morgan fingerprint density at radius 3 is 2.68 bits per heavy atom. The Morgan fingerprint density at radius 2 is 2.04 bits per heavy atom. The van der Waals surface area contributed by atoms with Crippen LogP contribution in [0.25, 0.3) is 22.6 Å². The quantitative estimate of drug-likeness (QED) is 0.524. The van der Waals surface area contributed by atoms with Crippen molar-refractivity contribution in [3.8, 4) is 0 Å². The highest BCUT2D eigenvalue weighted by Crippen LogP contribution is 2.41. The van der Waals surface area contributed by atoms with Crippen LogP contribution in [-0.4, -0.2) is 11.1 Å². The number of fused-ring (bicyclic) bond motifs is 3. The molecule has 2 heterocycles. The van der Waals surface area contributed by atoms with Gasteiger partial charge in [-0.15, -0.1) is 0 Å². The smallest absolute Gasteiger partial charge is 0.0548 e. The zero-order chi connectivity index (χ0) is 20.1. The molecular formula is C26H34N2. The molecule has 2 nitrogen and oxygen atoms in total. The number of unbranched alkanes of at least 4 members (excludes halogenated alkanes) is 1. The minimum absolute atomic E-state index is 0.563. The van der Waals surface area contributed by atoms with Crippen LogP contribution in [0.2, 0.25) is 0 Å². The van der Waals surface area contributed by atoms with E-state index in [-0.39, 0.29) is 0 Å². The molecular weight excluding hydrogens is 340 g/mol. The number of nitrogens with zero attached hydrogens (tertiary/aromatic N) is 1. The van der Waals surface area contributed by atoms with Crippen LogP contribution in [0, 0.1) is 0 Å². The van der Waals surface area contributed by atoms with Gasteiger partial charge < -0.3 is 9.88 Å². The van der Waals surface area contributed by atoms with Gasteiger partial charge in [0.05, 0.1) is 5.69 Å². The van der Waals surface area contributed by atoms with Gasteiger partial charge in [0.1, 0.15) is 0 Å². The Hall–Kier alpha value is -2.48. The van der Waals surface area contributed by atoms with Crippen LogP contribution in [0.1, 0.15) is 69.2 Å². The lowest BCUT2D eigenvalue weighted by Gasteiger charge is -2.19. The second-order valence-electron chi connectivity index (χ2n) is 7.60. The molecule has 1 aliphatic heterocycles. The van der Waals surface area contributed by atoms with Gasteiger partial charge in [-0.2, -0.15) is 0 Å². The van der Waals surface area contributed by atoms with Gasteiger partial charge in [-0.05, 0) is 49.0 Å². The average Bonchev–Trinajstić information content (AvgIpc) is 2.91. The van der Waals surface area contributed by atoms with Gasteiger partial charge in [-0.1, -0.05) is 70.2 Å². The number of hydrogen-bond donors (Lipinski definition) is 1. The minimum atomic E-state index is 0.563. The average molecular weight is 375 g/mol. The highest BCUT2D eigenvalue weighted by molar-refractivity contribution is 5.94. The summed E-state index contributed by atoms with van der Waals surface area (Å²) in [5.74, 6) is 0.563. The van der Waals surface area contributed by atoms with E-state index < -0.39 is 0 Å². The van der Waals surface area contributed by atoms with E-state index in [1.807, 2.05) is 12.2 Å². The third kappa shape index (κ3) is 3.61. The topological polar surface area (TPSA) is 17.0 Å². The molecule has 1 aromatic carbocycles. The number of allylic oxidation sites excluding steroid dienone is 4. The van der Waals surface area contributed by atoms with Gasteiger partial charge in [0.25, 0.3) is 0 Å². The lowest BCUT2D eigenvalue weighted by atomic mass is 9.87. The van der Waals surface area contributed by atoms with Gasteiger partial charge in [-0.25, -0.2) is 0 Å².